The van der Waals surface area contributed by atoms with E-state index in [1.54, 1.807) is 0 Å². The molecule has 2 aromatic heterocycles. The van der Waals surface area contributed by atoms with Gasteiger partial charge in [0.2, 0.25) is 17.3 Å². The van der Waals surface area contributed by atoms with Gasteiger partial charge in [-0.25, -0.2) is 0 Å². The number of benzene rings is 2. The van der Waals surface area contributed by atoms with Crippen LogP contribution in [0, 0.1) is 0 Å². The molecule has 0 aliphatic carbocycles. The van der Waals surface area contributed by atoms with Crippen LogP contribution in [0.25, 0.3) is 11.3 Å². The van der Waals surface area contributed by atoms with Gasteiger partial charge in [0.25, 0.3) is 0 Å². The van der Waals surface area contributed by atoms with E-state index in [-0.39, 0.29) is 0 Å². The zero-order chi connectivity index (χ0) is 20.5. The summed E-state index contributed by atoms with van der Waals surface area (Å²) < 4.78 is 8.32. The number of aromatic nitrogens is 4. The summed E-state index contributed by atoms with van der Waals surface area (Å²) in [4.78, 5) is 4.69. The van der Waals surface area contributed by atoms with Crippen LogP contribution in [-0.4, -0.2) is 19.7 Å². The Kier molecular flexibility index (Phi) is 5.06. The molecular weight excluding hydrogens is 418 g/mol. The van der Waals surface area contributed by atoms with Crippen LogP contribution in [0.2, 0.25) is 5.02 Å². The average Bonchev–Trinajstić information content (AvgIpc) is 3.12. The Labute approximate surface area is 183 Å². The van der Waals surface area contributed by atoms with Gasteiger partial charge in [-0.2, -0.15) is 4.98 Å². The molecule has 1 atom stereocenters. The van der Waals surface area contributed by atoms with Crippen LogP contribution < -0.4 is 10.1 Å². The van der Waals surface area contributed by atoms with Gasteiger partial charge in [0.05, 0.1) is 5.69 Å². The summed E-state index contributed by atoms with van der Waals surface area (Å²) in [7, 11) is 1.99. The number of ether oxygens (including phenoxy) is 1. The number of hydrogen-bond donors (Lipinski definition) is 1. The summed E-state index contributed by atoms with van der Waals surface area (Å²) in [6.45, 7) is 0. The van der Waals surface area contributed by atoms with Gasteiger partial charge in [0, 0.05) is 35.3 Å². The molecule has 0 spiro atoms. The number of hydrogen-bond acceptors (Lipinski definition) is 6. The van der Waals surface area contributed by atoms with Crippen molar-refractivity contribution >= 4 is 29.1 Å². The van der Waals surface area contributed by atoms with E-state index in [0.29, 0.717) is 22.5 Å². The summed E-state index contributed by atoms with van der Waals surface area (Å²) in [5, 5.41) is 13.5. The second kappa shape index (κ2) is 8.01. The van der Waals surface area contributed by atoms with Crippen LogP contribution >= 0.6 is 23.4 Å². The molecule has 0 saturated carbocycles. The standard InChI is InChI=1S/C22H18ClN5OS/c1-28-12-4-7-18(28)20-24-17-6-3-2-5-16(17)19-21(29-20)25-22(27-26-19)30-13-14-8-10-15(23)11-9-14/h2-12,20,24H,13H2,1H3/t20-/m1/s1. The number of halogens is 1. The first-order valence-corrected chi connectivity index (χ1v) is 10.8. The lowest BCUT2D eigenvalue weighted by Crippen LogP contribution is -2.19. The van der Waals surface area contributed by atoms with Crippen LogP contribution in [0.15, 0.2) is 72.0 Å². The second-order valence-electron chi connectivity index (χ2n) is 6.90. The quantitative estimate of drug-likeness (QED) is 0.437. The number of anilines is 1. The fraction of sp³-hybridized carbons (Fsp3) is 0.136. The lowest BCUT2D eigenvalue weighted by molar-refractivity contribution is 0.217. The first-order chi connectivity index (χ1) is 14.7. The van der Waals surface area contributed by atoms with Gasteiger partial charge in [-0.3, -0.25) is 0 Å². The monoisotopic (exact) mass is 435 g/mol. The maximum atomic E-state index is 6.30. The highest BCUT2D eigenvalue weighted by Crippen LogP contribution is 2.39. The van der Waals surface area contributed by atoms with Gasteiger partial charge in [0.1, 0.15) is 0 Å². The van der Waals surface area contributed by atoms with Crippen LogP contribution in [-0.2, 0) is 12.8 Å². The topological polar surface area (TPSA) is 64.9 Å². The Balaban J connectivity index is 1.48. The van der Waals surface area contributed by atoms with Crippen molar-refractivity contribution in [3.8, 4) is 17.1 Å². The van der Waals surface area contributed by atoms with E-state index in [1.165, 1.54) is 11.8 Å². The average molecular weight is 436 g/mol. The third-order valence-corrected chi connectivity index (χ3v) is 6.03. The molecule has 1 N–H and O–H groups in total. The molecule has 0 bridgehead atoms. The van der Waals surface area contributed by atoms with Crippen LogP contribution in [0.5, 0.6) is 5.88 Å². The van der Waals surface area contributed by atoms with Crippen molar-refractivity contribution < 1.29 is 4.74 Å². The van der Waals surface area contributed by atoms with E-state index in [1.807, 2.05) is 78.5 Å². The second-order valence-corrected chi connectivity index (χ2v) is 8.27. The van der Waals surface area contributed by atoms with Crippen LogP contribution in [0.3, 0.4) is 0 Å². The Hall–Kier alpha value is -3.03. The molecule has 150 valence electrons. The van der Waals surface area contributed by atoms with E-state index < -0.39 is 6.23 Å². The number of thioether (sulfide) groups is 1. The summed E-state index contributed by atoms with van der Waals surface area (Å²) >= 11 is 7.48. The van der Waals surface area contributed by atoms with Crippen molar-refractivity contribution in [1.82, 2.24) is 19.7 Å². The number of rotatable bonds is 4. The highest BCUT2D eigenvalue weighted by molar-refractivity contribution is 7.98. The lowest BCUT2D eigenvalue weighted by atomic mass is 10.1. The zero-order valence-electron chi connectivity index (χ0n) is 16.1. The molecular formula is C22H18ClN5OS. The van der Waals surface area contributed by atoms with Crippen molar-refractivity contribution in [3.63, 3.8) is 0 Å². The molecule has 2 aromatic carbocycles. The molecule has 0 amide bonds. The Bertz CT molecular complexity index is 1190. The summed E-state index contributed by atoms with van der Waals surface area (Å²) in [5.41, 5.74) is 4.61. The third-order valence-electron chi connectivity index (χ3n) is 4.87. The molecule has 30 heavy (non-hydrogen) atoms. The minimum atomic E-state index is -0.391. The van der Waals surface area contributed by atoms with Gasteiger partial charge in [0.15, 0.2) is 5.69 Å². The highest BCUT2D eigenvalue weighted by Gasteiger charge is 2.27. The molecule has 1 aliphatic rings. The molecule has 0 fully saturated rings. The third kappa shape index (κ3) is 3.74. The van der Waals surface area contributed by atoms with Gasteiger partial charge >= 0.3 is 0 Å². The van der Waals surface area contributed by atoms with Gasteiger partial charge in [-0.1, -0.05) is 53.7 Å². The number of aryl methyl sites for hydroxylation is 1. The predicted octanol–water partition coefficient (Wildman–Crippen LogP) is 5.33. The Morgan fingerprint density at radius 2 is 1.90 bits per heavy atom. The Morgan fingerprint density at radius 3 is 2.70 bits per heavy atom. The number of nitrogens with one attached hydrogen (secondary N) is 1. The van der Waals surface area contributed by atoms with Crippen molar-refractivity contribution in [2.75, 3.05) is 5.32 Å². The Morgan fingerprint density at radius 1 is 1.07 bits per heavy atom. The van der Waals surface area contributed by atoms with E-state index in [9.17, 15) is 0 Å². The smallest absolute Gasteiger partial charge is 0.247 e. The van der Waals surface area contributed by atoms with Crippen LogP contribution in [0.1, 0.15) is 17.5 Å². The first kappa shape index (κ1) is 19.0. The largest absolute Gasteiger partial charge is 0.446 e. The van der Waals surface area contributed by atoms with Gasteiger partial charge in [-0.05, 0) is 35.9 Å². The SMILES string of the molecule is Cn1cccc1[C@@H]1Nc2ccccc2-c2nnc(SCc3ccc(Cl)cc3)nc2O1. The maximum Gasteiger partial charge on any atom is 0.247 e. The zero-order valence-corrected chi connectivity index (χ0v) is 17.7. The molecule has 6 nitrogen and oxygen atoms in total. The summed E-state index contributed by atoms with van der Waals surface area (Å²) in [5.74, 6) is 1.18. The van der Waals surface area contributed by atoms with Gasteiger partial charge < -0.3 is 14.6 Å². The van der Waals surface area contributed by atoms with Crippen molar-refractivity contribution in [2.24, 2.45) is 7.05 Å². The van der Waals surface area contributed by atoms with E-state index >= 15 is 0 Å². The van der Waals surface area contributed by atoms with E-state index in [4.69, 9.17) is 16.3 Å². The number of nitrogens with zero attached hydrogens (tertiary/aromatic N) is 4. The first-order valence-electron chi connectivity index (χ1n) is 9.43. The number of para-hydroxylation sites is 1. The minimum absolute atomic E-state index is 0.391. The highest BCUT2D eigenvalue weighted by atomic mass is 35.5. The van der Waals surface area contributed by atoms with Gasteiger partial charge in [-0.15, -0.1) is 10.2 Å². The minimum Gasteiger partial charge on any atom is -0.446 e. The van der Waals surface area contributed by atoms with E-state index in [0.717, 1.165) is 27.5 Å². The molecule has 0 saturated heterocycles. The molecule has 0 radical (unpaired) electrons. The number of fused-ring (bicyclic) bond motifs is 3. The molecule has 4 aromatic rings. The molecule has 8 heteroatoms. The van der Waals surface area contributed by atoms with Crippen molar-refractivity contribution in [2.45, 2.75) is 17.1 Å². The van der Waals surface area contributed by atoms with E-state index in [2.05, 4.69) is 20.5 Å². The molecule has 1 aliphatic heterocycles. The molecule has 5 rings (SSSR count). The maximum absolute atomic E-state index is 6.30. The molecule has 3 heterocycles. The fourth-order valence-electron chi connectivity index (χ4n) is 3.32. The molecule has 0 unspecified atom stereocenters. The predicted molar refractivity (Wildman–Crippen MR) is 119 cm³/mol. The van der Waals surface area contributed by atoms with Crippen molar-refractivity contribution in [3.05, 3.63) is 83.1 Å². The normalized spacial score (nSPS) is 14.8. The van der Waals surface area contributed by atoms with Crippen LogP contribution in [0.4, 0.5) is 5.69 Å². The summed E-state index contributed by atoms with van der Waals surface area (Å²) in [6, 6.07) is 19.7. The lowest BCUT2D eigenvalue weighted by Gasteiger charge is -2.19. The summed E-state index contributed by atoms with van der Waals surface area (Å²) in [6.07, 6.45) is 1.60. The fourth-order valence-corrected chi connectivity index (χ4v) is 4.18. The van der Waals surface area contributed by atoms with Crippen molar-refractivity contribution in [1.29, 1.82) is 0 Å².